The third-order valence-electron chi connectivity index (χ3n) is 7.65. The van der Waals surface area contributed by atoms with E-state index in [4.69, 9.17) is 4.74 Å². The minimum absolute atomic E-state index is 0.0228. The molecule has 4 bridgehead atoms. The topological polar surface area (TPSA) is 41.6 Å². The molecule has 4 nitrogen and oxygen atoms in total. The van der Waals surface area contributed by atoms with Gasteiger partial charge in [-0.05, 0) is 68.1 Å². The van der Waals surface area contributed by atoms with Crippen molar-refractivity contribution in [3.8, 4) is 0 Å². The van der Waals surface area contributed by atoms with Gasteiger partial charge >= 0.3 is 0 Å². The molecule has 1 aliphatic heterocycles. The summed E-state index contributed by atoms with van der Waals surface area (Å²) < 4.78 is 19.6. The molecule has 0 aromatic heterocycles. The number of amides is 1. The quantitative estimate of drug-likeness (QED) is 0.668. The van der Waals surface area contributed by atoms with Crippen LogP contribution in [0.3, 0.4) is 0 Å². The van der Waals surface area contributed by atoms with Gasteiger partial charge in [-0.3, -0.25) is 9.69 Å². The van der Waals surface area contributed by atoms with Crippen molar-refractivity contribution in [3.05, 3.63) is 35.6 Å². The van der Waals surface area contributed by atoms with Crippen LogP contribution in [0.1, 0.15) is 50.1 Å². The molecule has 3 unspecified atom stereocenters. The molecular weight excluding hydrogens is 435 g/mol. The van der Waals surface area contributed by atoms with Crippen molar-refractivity contribution in [2.45, 2.75) is 48.9 Å². The van der Waals surface area contributed by atoms with Crippen LogP contribution in [0.5, 0.6) is 0 Å². The smallest absolute Gasteiger partial charge is 0.226 e. The van der Waals surface area contributed by atoms with Crippen LogP contribution < -0.4 is 5.32 Å². The van der Waals surface area contributed by atoms with Gasteiger partial charge < -0.3 is 10.1 Å². The Morgan fingerprint density at radius 3 is 2.62 bits per heavy atom. The normalized spacial score (nSPS) is 37.4. The van der Waals surface area contributed by atoms with Gasteiger partial charge in [0.15, 0.2) is 0 Å². The van der Waals surface area contributed by atoms with Gasteiger partial charge in [0.2, 0.25) is 5.91 Å². The zero-order chi connectivity index (χ0) is 20.1. The van der Waals surface area contributed by atoms with Crippen molar-refractivity contribution in [1.29, 1.82) is 0 Å². The van der Waals surface area contributed by atoms with Gasteiger partial charge in [0.1, 0.15) is 5.82 Å². The van der Waals surface area contributed by atoms with Crippen molar-refractivity contribution < 1.29 is 13.9 Å². The molecule has 1 amide bonds. The van der Waals surface area contributed by atoms with E-state index in [-0.39, 0.29) is 27.5 Å². The number of benzene rings is 1. The lowest BCUT2D eigenvalue weighted by Crippen LogP contribution is -2.58. The van der Waals surface area contributed by atoms with Crippen LogP contribution in [-0.4, -0.2) is 48.0 Å². The van der Waals surface area contributed by atoms with Gasteiger partial charge in [0, 0.05) is 24.0 Å². The molecule has 158 valence electrons. The van der Waals surface area contributed by atoms with E-state index in [0.717, 1.165) is 37.9 Å². The number of nitrogens with one attached hydrogen (secondary N) is 1. The van der Waals surface area contributed by atoms with Gasteiger partial charge in [-0.2, -0.15) is 0 Å². The van der Waals surface area contributed by atoms with E-state index >= 15 is 0 Å². The number of carbonyl (C=O) groups is 1. The summed E-state index contributed by atoms with van der Waals surface area (Å²) in [5.74, 6) is 1.35. The Labute approximate surface area is 180 Å². The highest BCUT2D eigenvalue weighted by Crippen LogP contribution is 2.64. The maximum absolute atomic E-state index is 13.9. The van der Waals surface area contributed by atoms with E-state index in [0.29, 0.717) is 31.6 Å². The number of hydrogen-bond donors (Lipinski definition) is 1. The summed E-state index contributed by atoms with van der Waals surface area (Å²) in [6.45, 7) is 3.49. The second-order valence-corrected chi connectivity index (χ2v) is 11.5. The average molecular weight is 465 g/mol. The van der Waals surface area contributed by atoms with Crippen LogP contribution in [0, 0.1) is 23.1 Å². The number of nitrogens with zero attached hydrogens (tertiary/aromatic N) is 1. The largest absolute Gasteiger partial charge is 0.379 e. The Bertz CT molecular complexity index is 768. The first-order chi connectivity index (χ1) is 13.9. The summed E-state index contributed by atoms with van der Waals surface area (Å²) in [6.07, 6.45) is 6.76. The molecule has 29 heavy (non-hydrogen) atoms. The first-order valence-electron chi connectivity index (χ1n) is 11.0. The van der Waals surface area contributed by atoms with E-state index in [9.17, 15) is 9.18 Å². The summed E-state index contributed by atoms with van der Waals surface area (Å²) in [5, 5.41) is 3.31. The standard InChI is InChI=1S/C23H30BrFN2O2/c24-23-12-16-8-17(13-23)11-22(10-16,15-23)21(28)26-14-20(27-4-6-29-7-5-27)18-2-1-3-19(25)9-18/h1-3,9,16-17,20H,4-8,10-15H2,(H,26,28). The lowest BCUT2D eigenvalue weighted by atomic mass is 9.49. The molecule has 5 fully saturated rings. The van der Waals surface area contributed by atoms with Crippen molar-refractivity contribution >= 4 is 21.8 Å². The second kappa shape index (κ2) is 7.61. The van der Waals surface area contributed by atoms with Crippen molar-refractivity contribution in [1.82, 2.24) is 10.2 Å². The molecule has 1 aromatic carbocycles. The summed E-state index contributed by atoms with van der Waals surface area (Å²) >= 11 is 4.00. The molecular formula is C23H30BrFN2O2. The number of alkyl halides is 1. The monoisotopic (exact) mass is 464 g/mol. The minimum Gasteiger partial charge on any atom is -0.379 e. The molecule has 4 aliphatic carbocycles. The molecule has 1 saturated heterocycles. The third kappa shape index (κ3) is 3.88. The lowest BCUT2D eigenvalue weighted by molar-refractivity contribution is -0.144. The van der Waals surface area contributed by atoms with E-state index in [1.807, 2.05) is 6.07 Å². The van der Waals surface area contributed by atoms with Crippen LogP contribution in [-0.2, 0) is 9.53 Å². The Kier molecular flexibility index (Phi) is 5.24. The van der Waals surface area contributed by atoms with Crippen LogP contribution >= 0.6 is 15.9 Å². The Morgan fingerprint density at radius 2 is 1.97 bits per heavy atom. The van der Waals surface area contributed by atoms with Crippen molar-refractivity contribution in [2.24, 2.45) is 17.3 Å². The van der Waals surface area contributed by atoms with Crippen LogP contribution in [0.2, 0.25) is 0 Å². The zero-order valence-corrected chi connectivity index (χ0v) is 18.4. The summed E-state index contributed by atoms with van der Waals surface area (Å²) in [5.41, 5.74) is 0.708. The number of ether oxygens (including phenoxy) is 1. The molecule has 3 atom stereocenters. The van der Waals surface area contributed by atoms with Gasteiger partial charge in [0.25, 0.3) is 0 Å². The van der Waals surface area contributed by atoms with Crippen LogP contribution in [0.4, 0.5) is 4.39 Å². The number of hydrogen-bond acceptors (Lipinski definition) is 3. The predicted molar refractivity (Wildman–Crippen MR) is 113 cm³/mol. The minimum atomic E-state index is -0.227. The first kappa shape index (κ1) is 20.0. The third-order valence-corrected chi connectivity index (χ3v) is 8.58. The average Bonchev–Trinajstić information content (AvgIpc) is 2.67. The molecule has 1 N–H and O–H groups in total. The molecule has 0 radical (unpaired) electrons. The van der Waals surface area contributed by atoms with E-state index < -0.39 is 0 Å². The number of rotatable bonds is 5. The molecule has 6 rings (SSSR count). The van der Waals surface area contributed by atoms with Gasteiger partial charge in [-0.1, -0.05) is 28.1 Å². The van der Waals surface area contributed by atoms with Crippen molar-refractivity contribution in [2.75, 3.05) is 32.8 Å². The molecule has 0 spiro atoms. The first-order valence-corrected chi connectivity index (χ1v) is 11.8. The summed E-state index contributed by atoms with van der Waals surface area (Å²) in [7, 11) is 0. The van der Waals surface area contributed by atoms with E-state index in [1.165, 1.54) is 25.3 Å². The van der Waals surface area contributed by atoms with Crippen LogP contribution in [0.25, 0.3) is 0 Å². The second-order valence-electron chi connectivity index (χ2n) is 9.82. The lowest BCUT2D eigenvalue weighted by Gasteiger charge is -2.59. The molecule has 4 saturated carbocycles. The SMILES string of the molecule is O=C(NCC(c1cccc(F)c1)N1CCOCC1)C12CC3CC(CC(Br)(C3)C1)C2. The maximum atomic E-state index is 13.9. The van der Waals surface area contributed by atoms with Crippen molar-refractivity contribution in [3.63, 3.8) is 0 Å². The Hall–Kier alpha value is -0.980. The molecule has 1 aromatic rings. The van der Waals surface area contributed by atoms with Gasteiger partial charge in [-0.25, -0.2) is 4.39 Å². The maximum Gasteiger partial charge on any atom is 0.226 e. The Balaban J connectivity index is 1.33. The molecule has 1 heterocycles. The van der Waals surface area contributed by atoms with Gasteiger partial charge in [0.05, 0.1) is 24.7 Å². The summed E-state index contributed by atoms with van der Waals surface area (Å²) in [6, 6.07) is 6.78. The number of carbonyl (C=O) groups excluding carboxylic acids is 1. The number of morpholine rings is 1. The summed E-state index contributed by atoms with van der Waals surface area (Å²) in [4.78, 5) is 15.8. The van der Waals surface area contributed by atoms with Crippen LogP contribution in [0.15, 0.2) is 24.3 Å². The molecule has 5 aliphatic rings. The molecule has 6 heteroatoms. The fourth-order valence-corrected chi connectivity index (χ4v) is 8.31. The zero-order valence-electron chi connectivity index (χ0n) is 16.8. The van der Waals surface area contributed by atoms with Gasteiger partial charge in [-0.15, -0.1) is 0 Å². The number of halogens is 2. The fraction of sp³-hybridized carbons (Fsp3) is 0.696. The Morgan fingerprint density at radius 1 is 1.24 bits per heavy atom. The highest BCUT2D eigenvalue weighted by Gasteiger charge is 2.59. The highest BCUT2D eigenvalue weighted by molar-refractivity contribution is 9.10. The fourth-order valence-electron chi connectivity index (χ4n) is 6.85. The van der Waals surface area contributed by atoms with E-state index in [1.54, 1.807) is 12.1 Å². The van der Waals surface area contributed by atoms with E-state index in [2.05, 4.69) is 26.1 Å². The predicted octanol–water partition coefficient (Wildman–Crippen LogP) is 4.05. The highest BCUT2D eigenvalue weighted by atomic mass is 79.9.